The number of ether oxygens (including phenoxy) is 1. The van der Waals surface area contributed by atoms with Crippen molar-refractivity contribution in [3.05, 3.63) is 48.5 Å². The average Bonchev–Trinajstić information content (AvgIpc) is 2.70. The summed E-state index contributed by atoms with van der Waals surface area (Å²) in [5.74, 6) is 0.0732. The first-order valence-electron chi connectivity index (χ1n) is 9.25. The number of rotatable bonds is 7. The number of esters is 1. The second kappa shape index (κ2) is 8.08. The zero-order chi connectivity index (χ0) is 20.4. The molecule has 1 heterocycles. The number of carbonyl (C=O) groups excluding carboxylic acids is 1. The van der Waals surface area contributed by atoms with Crippen molar-refractivity contribution in [3.63, 3.8) is 0 Å². The maximum absolute atomic E-state index is 13.4. The van der Waals surface area contributed by atoms with Crippen molar-refractivity contribution in [1.82, 2.24) is 0 Å². The van der Waals surface area contributed by atoms with E-state index in [1.54, 1.807) is 38.1 Å². The number of fused-ring (bicyclic) bond motifs is 3. The highest BCUT2D eigenvalue weighted by atomic mass is 31.2. The molecule has 0 aromatic heterocycles. The van der Waals surface area contributed by atoms with E-state index in [1.165, 1.54) is 0 Å². The summed E-state index contributed by atoms with van der Waals surface area (Å²) in [7, 11) is -3.68. The van der Waals surface area contributed by atoms with Crippen molar-refractivity contribution in [3.8, 4) is 16.9 Å². The molecule has 150 valence electrons. The summed E-state index contributed by atoms with van der Waals surface area (Å²) in [5, 5.41) is 10.6. The van der Waals surface area contributed by atoms with Gasteiger partial charge in [0.1, 0.15) is 18.5 Å². The van der Waals surface area contributed by atoms with E-state index in [1.807, 2.05) is 31.2 Å². The Kier molecular flexibility index (Phi) is 5.94. The minimum atomic E-state index is -3.68. The minimum Gasteiger partial charge on any atom is -0.462 e. The van der Waals surface area contributed by atoms with Crippen LogP contribution in [0.3, 0.4) is 0 Å². The molecule has 0 spiro atoms. The van der Waals surface area contributed by atoms with E-state index in [4.69, 9.17) is 13.8 Å². The van der Waals surface area contributed by atoms with Crippen LogP contribution in [0.2, 0.25) is 0 Å². The summed E-state index contributed by atoms with van der Waals surface area (Å²) >= 11 is 0. The Labute approximate surface area is 165 Å². The van der Waals surface area contributed by atoms with Gasteiger partial charge in [-0.15, -0.1) is 0 Å². The number of aliphatic hydroxyl groups excluding tert-OH is 1. The summed E-state index contributed by atoms with van der Waals surface area (Å²) < 4.78 is 29.8. The second-order valence-electron chi connectivity index (χ2n) is 7.39. The Morgan fingerprint density at radius 2 is 1.75 bits per heavy atom. The van der Waals surface area contributed by atoms with Crippen LogP contribution >= 0.6 is 7.60 Å². The van der Waals surface area contributed by atoms with E-state index >= 15 is 0 Å². The van der Waals surface area contributed by atoms with Crippen molar-refractivity contribution in [2.75, 3.05) is 13.2 Å². The van der Waals surface area contributed by atoms with E-state index in [0.717, 1.165) is 11.1 Å². The lowest BCUT2D eigenvalue weighted by Gasteiger charge is -2.28. The molecular formula is C21H25O6P. The molecular weight excluding hydrogens is 379 g/mol. The topological polar surface area (TPSA) is 82.1 Å². The van der Waals surface area contributed by atoms with Crippen molar-refractivity contribution in [1.29, 1.82) is 0 Å². The van der Waals surface area contributed by atoms with Crippen molar-refractivity contribution in [2.45, 2.75) is 33.3 Å². The molecule has 2 aromatic carbocycles. The fourth-order valence-corrected chi connectivity index (χ4v) is 4.56. The van der Waals surface area contributed by atoms with Crippen LogP contribution in [0, 0.1) is 5.41 Å². The first-order chi connectivity index (χ1) is 13.3. The van der Waals surface area contributed by atoms with Crippen molar-refractivity contribution in [2.24, 2.45) is 5.41 Å². The van der Waals surface area contributed by atoms with Gasteiger partial charge in [-0.3, -0.25) is 9.32 Å². The Hall–Kier alpha value is -2.14. The summed E-state index contributed by atoms with van der Waals surface area (Å²) in [6, 6.07) is 14.5. The third kappa shape index (κ3) is 4.14. The highest BCUT2D eigenvalue weighted by Gasteiger charge is 2.38. The van der Waals surface area contributed by atoms with E-state index in [9.17, 15) is 14.5 Å². The molecule has 0 fully saturated rings. The SMILES string of the molecule is CCC(C)(C)C(=O)OCC(O)COP1(=O)Oc2ccccc2-c2ccccc21. The zero-order valence-corrected chi connectivity index (χ0v) is 17.1. The van der Waals surface area contributed by atoms with Gasteiger partial charge < -0.3 is 14.4 Å². The molecule has 1 N–H and O–H groups in total. The first-order valence-corrected chi connectivity index (χ1v) is 10.8. The lowest BCUT2D eigenvalue weighted by atomic mass is 9.91. The van der Waals surface area contributed by atoms with Gasteiger partial charge in [-0.25, -0.2) is 4.57 Å². The molecule has 28 heavy (non-hydrogen) atoms. The van der Waals surface area contributed by atoms with E-state index in [2.05, 4.69) is 0 Å². The third-order valence-corrected chi connectivity index (χ3v) is 6.78. The molecule has 0 aliphatic carbocycles. The van der Waals surface area contributed by atoms with E-state index in [-0.39, 0.29) is 13.2 Å². The van der Waals surface area contributed by atoms with Gasteiger partial charge in [-0.2, -0.15) is 0 Å². The predicted molar refractivity (Wildman–Crippen MR) is 107 cm³/mol. The number of carbonyl (C=O) groups is 1. The van der Waals surface area contributed by atoms with Gasteiger partial charge in [-0.05, 0) is 32.4 Å². The molecule has 0 saturated carbocycles. The van der Waals surface area contributed by atoms with Crippen LogP contribution in [0.25, 0.3) is 11.1 Å². The van der Waals surface area contributed by atoms with Gasteiger partial charge in [0.2, 0.25) is 0 Å². The van der Waals surface area contributed by atoms with Crippen LogP contribution in [-0.4, -0.2) is 30.4 Å². The lowest BCUT2D eigenvalue weighted by Crippen LogP contribution is -2.31. The van der Waals surface area contributed by atoms with Crippen LogP contribution in [-0.2, 0) is 18.6 Å². The van der Waals surface area contributed by atoms with E-state index in [0.29, 0.717) is 17.5 Å². The Balaban J connectivity index is 1.69. The molecule has 2 unspecified atom stereocenters. The van der Waals surface area contributed by atoms with Gasteiger partial charge in [0.05, 0.1) is 17.3 Å². The van der Waals surface area contributed by atoms with Gasteiger partial charge in [0.15, 0.2) is 0 Å². The maximum atomic E-state index is 13.4. The highest BCUT2D eigenvalue weighted by Crippen LogP contribution is 2.55. The zero-order valence-electron chi connectivity index (χ0n) is 16.3. The molecule has 2 atom stereocenters. The molecule has 0 amide bonds. The maximum Gasteiger partial charge on any atom is 0.411 e. The molecule has 1 aliphatic heterocycles. The number of hydrogen-bond donors (Lipinski definition) is 1. The fourth-order valence-electron chi connectivity index (χ4n) is 2.73. The van der Waals surface area contributed by atoms with Crippen LogP contribution in [0.5, 0.6) is 5.75 Å². The van der Waals surface area contributed by atoms with Crippen LogP contribution in [0.15, 0.2) is 48.5 Å². The van der Waals surface area contributed by atoms with Crippen molar-refractivity contribution < 1.29 is 28.3 Å². The first kappa shape index (κ1) is 20.6. The smallest absolute Gasteiger partial charge is 0.411 e. The normalized spacial score (nSPS) is 19.1. The number of para-hydroxylation sites is 1. The molecule has 2 aromatic rings. The summed E-state index contributed by atoms with van der Waals surface area (Å²) in [6.07, 6.45) is -0.493. The molecule has 0 saturated heterocycles. The number of aliphatic hydroxyl groups is 1. The summed E-state index contributed by atoms with van der Waals surface area (Å²) in [6.45, 7) is 4.93. The van der Waals surface area contributed by atoms with Crippen molar-refractivity contribution >= 4 is 18.9 Å². The highest BCUT2D eigenvalue weighted by molar-refractivity contribution is 7.63. The second-order valence-corrected chi connectivity index (χ2v) is 9.31. The molecule has 0 radical (unpaired) electrons. The minimum absolute atomic E-state index is 0.236. The van der Waals surface area contributed by atoms with Crippen LogP contribution < -0.4 is 9.83 Å². The van der Waals surface area contributed by atoms with Gasteiger partial charge in [0, 0.05) is 11.1 Å². The Morgan fingerprint density at radius 3 is 2.46 bits per heavy atom. The van der Waals surface area contributed by atoms with Gasteiger partial charge in [-0.1, -0.05) is 43.3 Å². The summed E-state index contributed by atoms with van der Waals surface area (Å²) in [4.78, 5) is 12.0. The molecule has 7 heteroatoms. The molecule has 0 bridgehead atoms. The van der Waals surface area contributed by atoms with Gasteiger partial charge in [0.25, 0.3) is 0 Å². The molecule has 6 nitrogen and oxygen atoms in total. The molecule has 1 aliphatic rings. The van der Waals surface area contributed by atoms with Gasteiger partial charge >= 0.3 is 13.6 Å². The quantitative estimate of drug-likeness (QED) is 0.556. The average molecular weight is 404 g/mol. The largest absolute Gasteiger partial charge is 0.462 e. The standard InChI is InChI=1S/C21H25O6P/c1-4-21(2,3)20(23)25-13-15(22)14-26-28(24)19-12-8-6-10-17(19)16-9-5-7-11-18(16)27-28/h5-12,15,22H,4,13-14H2,1-3H3. The predicted octanol–water partition coefficient (Wildman–Crippen LogP) is 3.92. The monoisotopic (exact) mass is 404 g/mol. The Morgan fingerprint density at radius 1 is 1.11 bits per heavy atom. The summed E-state index contributed by atoms with van der Waals surface area (Å²) in [5.41, 5.74) is 0.991. The van der Waals surface area contributed by atoms with Crippen LogP contribution in [0.4, 0.5) is 0 Å². The van der Waals surface area contributed by atoms with E-state index < -0.39 is 25.1 Å². The third-order valence-electron chi connectivity index (χ3n) is 4.88. The lowest BCUT2D eigenvalue weighted by molar-refractivity contribution is -0.157. The molecule has 3 rings (SSSR count). The number of benzene rings is 2. The number of hydrogen-bond acceptors (Lipinski definition) is 6. The fraction of sp³-hybridized carbons (Fsp3) is 0.381. The Bertz CT molecular complexity index is 907. The van der Waals surface area contributed by atoms with Crippen LogP contribution in [0.1, 0.15) is 27.2 Å².